The molecule has 3 rings (SSSR count). The van der Waals surface area contributed by atoms with Gasteiger partial charge in [-0.15, -0.1) is 0 Å². The summed E-state index contributed by atoms with van der Waals surface area (Å²) in [5.74, 6) is 0.226. The lowest BCUT2D eigenvalue weighted by atomic mass is 9.78. The monoisotopic (exact) mass is 317 g/mol. The summed E-state index contributed by atoms with van der Waals surface area (Å²) in [6, 6.07) is 4.69. The van der Waals surface area contributed by atoms with E-state index in [0.717, 1.165) is 25.9 Å². The van der Waals surface area contributed by atoms with Crippen molar-refractivity contribution in [3.8, 4) is 0 Å². The molecule has 2 aliphatic rings. The number of hydrogen-bond donors (Lipinski definition) is 1. The average molecular weight is 317 g/mol. The number of likely N-dealkylation sites (N-methyl/N-ethyl adjacent to an activating group) is 1. The number of nitrogens with zero attached hydrogens (tertiary/aromatic N) is 2. The molecule has 1 atom stereocenters. The smallest absolute Gasteiger partial charge is 0.222 e. The molecule has 0 radical (unpaired) electrons. The van der Waals surface area contributed by atoms with Crippen LogP contribution in [0.5, 0.6) is 0 Å². The second kappa shape index (κ2) is 7.52. The van der Waals surface area contributed by atoms with Crippen LogP contribution in [-0.4, -0.2) is 41.1 Å². The minimum Gasteiger partial charge on any atom is -0.354 e. The van der Waals surface area contributed by atoms with Gasteiger partial charge in [0, 0.05) is 25.0 Å². The molecule has 128 valence electrons. The van der Waals surface area contributed by atoms with E-state index >= 15 is 0 Å². The number of amides is 1. The van der Waals surface area contributed by atoms with Crippen molar-refractivity contribution in [2.24, 2.45) is 0 Å². The lowest BCUT2D eigenvalue weighted by Crippen LogP contribution is -2.44. The van der Waals surface area contributed by atoms with Crippen LogP contribution in [0.4, 0.5) is 0 Å². The van der Waals surface area contributed by atoms with Crippen molar-refractivity contribution in [2.75, 3.05) is 19.6 Å². The minimum atomic E-state index is 0.00591. The van der Waals surface area contributed by atoms with Crippen LogP contribution >= 0.6 is 0 Å². The Bertz CT molecular complexity index is 491. The summed E-state index contributed by atoms with van der Waals surface area (Å²) >= 11 is 0. The Labute approximate surface area is 140 Å². The molecule has 1 N–H and O–H groups in total. The van der Waals surface area contributed by atoms with Crippen LogP contribution in [0.15, 0.2) is 24.5 Å². The molecular formula is C19H31N3O. The molecule has 1 saturated carbocycles. The van der Waals surface area contributed by atoms with Gasteiger partial charge >= 0.3 is 0 Å². The quantitative estimate of drug-likeness (QED) is 0.875. The first kappa shape index (κ1) is 16.6. The first-order chi connectivity index (χ1) is 11.2. The standard InChI is InChI=1S/C19H31N3O/c1-2-21-12-8-9-17(21)16-20-18(23)15-19(10-4-3-5-11-19)22-13-6-7-14-22/h6-7,13-14,17H,2-5,8-12,15-16H2,1H3,(H,20,23). The predicted octanol–water partition coefficient (Wildman–Crippen LogP) is 3.14. The maximum Gasteiger partial charge on any atom is 0.222 e. The zero-order valence-electron chi connectivity index (χ0n) is 14.5. The van der Waals surface area contributed by atoms with E-state index < -0.39 is 0 Å². The molecule has 1 aromatic rings. The first-order valence-corrected chi connectivity index (χ1v) is 9.38. The fourth-order valence-corrected chi connectivity index (χ4v) is 4.52. The highest BCUT2D eigenvalue weighted by Crippen LogP contribution is 2.37. The summed E-state index contributed by atoms with van der Waals surface area (Å²) in [5.41, 5.74) is 0.00591. The van der Waals surface area contributed by atoms with E-state index in [1.54, 1.807) is 0 Å². The molecule has 1 aromatic heterocycles. The van der Waals surface area contributed by atoms with Crippen LogP contribution < -0.4 is 5.32 Å². The molecule has 1 aliphatic heterocycles. The third-order valence-corrected chi connectivity index (χ3v) is 5.87. The van der Waals surface area contributed by atoms with E-state index in [-0.39, 0.29) is 11.4 Å². The van der Waals surface area contributed by atoms with Gasteiger partial charge in [-0.05, 0) is 50.9 Å². The van der Waals surface area contributed by atoms with Crippen molar-refractivity contribution in [1.82, 2.24) is 14.8 Å². The van der Waals surface area contributed by atoms with E-state index in [1.165, 1.54) is 38.6 Å². The van der Waals surface area contributed by atoms with Crippen LogP contribution in [-0.2, 0) is 10.3 Å². The van der Waals surface area contributed by atoms with Crippen LogP contribution in [0.1, 0.15) is 58.3 Å². The Morgan fingerprint density at radius 1 is 1.17 bits per heavy atom. The van der Waals surface area contributed by atoms with Gasteiger partial charge in [-0.25, -0.2) is 0 Å². The minimum absolute atomic E-state index is 0.00591. The highest BCUT2D eigenvalue weighted by atomic mass is 16.1. The summed E-state index contributed by atoms with van der Waals surface area (Å²) in [6.45, 7) is 5.30. The van der Waals surface area contributed by atoms with Crippen molar-refractivity contribution in [3.05, 3.63) is 24.5 Å². The summed E-state index contributed by atoms with van der Waals surface area (Å²) in [6.07, 6.45) is 13.4. The Balaban J connectivity index is 1.58. The predicted molar refractivity (Wildman–Crippen MR) is 93.4 cm³/mol. The molecule has 0 aromatic carbocycles. The van der Waals surface area contributed by atoms with Crippen LogP contribution in [0.2, 0.25) is 0 Å². The first-order valence-electron chi connectivity index (χ1n) is 9.38. The van der Waals surface area contributed by atoms with E-state index in [1.807, 2.05) is 0 Å². The van der Waals surface area contributed by atoms with Gasteiger partial charge in [0.05, 0.1) is 12.0 Å². The van der Waals surface area contributed by atoms with Gasteiger partial charge in [0.15, 0.2) is 0 Å². The highest BCUT2D eigenvalue weighted by molar-refractivity contribution is 5.77. The van der Waals surface area contributed by atoms with Crippen LogP contribution in [0, 0.1) is 0 Å². The molecule has 23 heavy (non-hydrogen) atoms. The summed E-state index contributed by atoms with van der Waals surface area (Å²) < 4.78 is 2.29. The highest BCUT2D eigenvalue weighted by Gasteiger charge is 2.35. The van der Waals surface area contributed by atoms with Crippen molar-refractivity contribution >= 4 is 5.91 Å². The number of carbonyl (C=O) groups excluding carboxylic acids is 1. The summed E-state index contributed by atoms with van der Waals surface area (Å²) in [4.78, 5) is 15.1. The zero-order valence-corrected chi connectivity index (χ0v) is 14.5. The van der Waals surface area contributed by atoms with E-state index in [4.69, 9.17) is 0 Å². The lowest BCUT2D eigenvalue weighted by molar-refractivity contribution is -0.123. The molecule has 1 saturated heterocycles. The van der Waals surface area contributed by atoms with Gasteiger partial charge in [0.25, 0.3) is 0 Å². The second-order valence-electron chi connectivity index (χ2n) is 7.28. The van der Waals surface area contributed by atoms with Gasteiger partial charge in [0.2, 0.25) is 5.91 Å². The van der Waals surface area contributed by atoms with Crippen LogP contribution in [0.25, 0.3) is 0 Å². The molecule has 0 bridgehead atoms. The number of hydrogen-bond acceptors (Lipinski definition) is 2. The van der Waals surface area contributed by atoms with Crippen molar-refractivity contribution < 1.29 is 4.79 Å². The molecule has 4 nitrogen and oxygen atoms in total. The zero-order chi connectivity index (χ0) is 16.1. The number of nitrogens with one attached hydrogen (secondary N) is 1. The Morgan fingerprint density at radius 3 is 2.61 bits per heavy atom. The average Bonchev–Trinajstić information content (AvgIpc) is 3.25. The largest absolute Gasteiger partial charge is 0.354 e. The third kappa shape index (κ3) is 3.79. The fraction of sp³-hybridized carbons (Fsp3) is 0.737. The van der Waals surface area contributed by atoms with Crippen molar-refractivity contribution in [1.29, 1.82) is 0 Å². The molecule has 2 fully saturated rings. The maximum atomic E-state index is 12.6. The normalized spacial score (nSPS) is 24.7. The molecule has 4 heteroatoms. The lowest BCUT2D eigenvalue weighted by Gasteiger charge is -2.38. The Morgan fingerprint density at radius 2 is 1.91 bits per heavy atom. The fourth-order valence-electron chi connectivity index (χ4n) is 4.52. The molecule has 2 heterocycles. The SMILES string of the molecule is CCN1CCCC1CNC(=O)CC1(n2cccc2)CCCCC1. The third-order valence-electron chi connectivity index (χ3n) is 5.87. The van der Waals surface area contributed by atoms with Gasteiger partial charge in [-0.2, -0.15) is 0 Å². The van der Waals surface area contributed by atoms with Crippen molar-refractivity contribution in [3.63, 3.8) is 0 Å². The van der Waals surface area contributed by atoms with Crippen molar-refractivity contribution in [2.45, 2.75) is 69.9 Å². The van der Waals surface area contributed by atoms with E-state index in [9.17, 15) is 4.79 Å². The molecular weight excluding hydrogens is 286 g/mol. The number of carbonyl (C=O) groups is 1. The van der Waals surface area contributed by atoms with Crippen LogP contribution in [0.3, 0.4) is 0 Å². The summed E-state index contributed by atoms with van der Waals surface area (Å²) in [5, 5.41) is 3.23. The number of rotatable bonds is 6. The molecule has 1 unspecified atom stereocenters. The maximum absolute atomic E-state index is 12.6. The van der Waals surface area contributed by atoms with E-state index in [0.29, 0.717) is 12.5 Å². The van der Waals surface area contributed by atoms with Gasteiger partial charge in [-0.3, -0.25) is 9.69 Å². The Hall–Kier alpha value is -1.29. The molecule has 1 aliphatic carbocycles. The second-order valence-corrected chi connectivity index (χ2v) is 7.28. The van der Waals surface area contributed by atoms with Gasteiger partial charge < -0.3 is 9.88 Å². The molecule has 1 amide bonds. The van der Waals surface area contributed by atoms with Gasteiger partial charge in [-0.1, -0.05) is 26.2 Å². The summed E-state index contributed by atoms with van der Waals surface area (Å²) in [7, 11) is 0. The number of aromatic nitrogens is 1. The number of likely N-dealkylation sites (tertiary alicyclic amines) is 1. The topological polar surface area (TPSA) is 37.3 Å². The molecule has 0 spiro atoms. The van der Waals surface area contributed by atoms with Gasteiger partial charge in [0.1, 0.15) is 0 Å². The van der Waals surface area contributed by atoms with E-state index in [2.05, 4.69) is 46.2 Å². The Kier molecular flexibility index (Phi) is 5.42.